The fraction of sp³-hybridized carbons (Fsp3) is 0.348. The summed E-state index contributed by atoms with van der Waals surface area (Å²) < 4.78 is 45.0. The molecule has 2 bridgehead atoms. The number of ether oxygens (including phenoxy) is 1. The molecule has 1 fully saturated rings. The van der Waals surface area contributed by atoms with Gasteiger partial charge in [-0.05, 0) is 18.6 Å². The van der Waals surface area contributed by atoms with Crippen LogP contribution in [0.4, 0.5) is 35.4 Å². The number of alkyl halides is 3. The van der Waals surface area contributed by atoms with Crippen molar-refractivity contribution in [1.82, 2.24) is 19.9 Å². The summed E-state index contributed by atoms with van der Waals surface area (Å²) in [6, 6.07) is 5.33. The van der Waals surface area contributed by atoms with Crippen molar-refractivity contribution in [2.24, 2.45) is 0 Å². The van der Waals surface area contributed by atoms with Crippen LogP contribution < -0.4 is 19.9 Å². The van der Waals surface area contributed by atoms with Crippen molar-refractivity contribution < 1.29 is 32.9 Å². The van der Waals surface area contributed by atoms with Gasteiger partial charge < -0.3 is 19.8 Å². The Hall–Kier alpha value is -4.04. The zero-order valence-corrected chi connectivity index (χ0v) is 19.3. The lowest BCUT2D eigenvalue weighted by Gasteiger charge is -2.35. The molecular weight excluding hydrogens is 495 g/mol. The predicted molar refractivity (Wildman–Crippen MR) is 125 cm³/mol. The van der Waals surface area contributed by atoms with Crippen molar-refractivity contribution in [1.29, 1.82) is 0 Å². The number of aliphatic hydroxyl groups is 2. The van der Waals surface area contributed by atoms with Gasteiger partial charge in [-0.25, -0.2) is 19.7 Å². The molecule has 1 saturated heterocycles. The van der Waals surface area contributed by atoms with Crippen LogP contribution in [0.15, 0.2) is 42.7 Å². The largest absolute Gasteiger partial charge is 0.475 e. The summed E-state index contributed by atoms with van der Waals surface area (Å²) in [5, 5.41) is 21.0. The van der Waals surface area contributed by atoms with Gasteiger partial charge in [-0.3, -0.25) is 10.2 Å². The average molecular weight is 517 g/mol. The third-order valence-electron chi connectivity index (χ3n) is 6.00. The number of nitrogens with one attached hydrogen (secondary N) is 1. The van der Waals surface area contributed by atoms with E-state index in [1.165, 1.54) is 35.5 Å². The number of amides is 2. The maximum atomic E-state index is 13.4. The SMILES string of the molecule is O=C(Nc1nccc(OCC(O)CO)n1)N1c2nc(-c3cccc(C(F)(F)F)c3)ncc2N2CC[C@H]1C2. The molecule has 2 amide bonds. The first-order valence-electron chi connectivity index (χ1n) is 11.4. The van der Waals surface area contributed by atoms with E-state index in [0.717, 1.165) is 12.1 Å². The van der Waals surface area contributed by atoms with Crippen molar-refractivity contribution >= 4 is 23.5 Å². The fourth-order valence-corrected chi connectivity index (χ4v) is 4.22. The fourth-order valence-electron chi connectivity index (χ4n) is 4.22. The van der Waals surface area contributed by atoms with E-state index in [2.05, 4.69) is 25.3 Å². The second-order valence-corrected chi connectivity index (χ2v) is 8.54. The van der Waals surface area contributed by atoms with Crippen LogP contribution in [0.5, 0.6) is 5.88 Å². The molecule has 4 heterocycles. The monoisotopic (exact) mass is 517 g/mol. The van der Waals surface area contributed by atoms with Crippen LogP contribution in [-0.4, -0.2) is 74.6 Å². The predicted octanol–water partition coefficient (Wildman–Crippen LogP) is 2.32. The van der Waals surface area contributed by atoms with Gasteiger partial charge in [-0.1, -0.05) is 12.1 Å². The molecule has 11 nitrogen and oxygen atoms in total. The Morgan fingerprint density at radius 2 is 2.08 bits per heavy atom. The minimum Gasteiger partial charge on any atom is -0.475 e. The Kier molecular flexibility index (Phi) is 6.52. The Labute approximate surface area is 208 Å². The summed E-state index contributed by atoms with van der Waals surface area (Å²) in [4.78, 5) is 33.7. The van der Waals surface area contributed by atoms with Gasteiger partial charge in [0.25, 0.3) is 0 Å². The highest BCUT2D eigenvalue weighted by Gasteiger charge is 2.41. The van der Waals surface area contributed by atoms with Crippen LogP contribution in [0.25, 0.3) is 11.4 Å². The summed E-state index contributed by atoms with van der Waals surface area (Å²) in [6.07, 6.45) is -2.08. The molecule has 1 aromatic carbocycles. The first-order valence-corrected chi connectivity index (χ1v) is 11.4. The molecule has 5 rings (SSSR count). The number of carbonyl (C=O) groups excluding carboxylic acids is 1. The van der Waals surface area contributed by atoms with Gasteiger partial charge in [-0.15, -0.1) is 0 Å². The number of aliphatic hydroxyl groups excluding tert-OH is 2. The lowest BCUT2D eigenvalue weighted by molar-refractivity contribution is -0.137. The molecule has 0 radical (unpaired) electrons. The molecule has 0 spiro atoms. The molecule has 2 aliphatic heterocycles. The number of benzene rings is 1. The Morgan fingerprint density at radius 1 is 1.24 bits per heavy atom. The minimum absolute atomic E-state index is 0.0549. The molecule has 3 N–H and O–H groups in total. The summed E-state index contributed by atoms with van der Waals surface area (Å²) in [5.41, 5.74) is -0.0599. The molecule has 2 atom stereocenters. The normalized spacial score (nSPS) is 17.4. The number of nitrogens with zero attached hydrogens (tertiary/aromatic N) is 6. The van der Waals surface area contributed by atoms with Crippen molar-refractivity contribution in [3.63, 3.8) is 0 Å². The molecule has 194 valence electrons. The van der Waals surface area contributed by atoms with Gasteiger partial charge >= 0.3 is 12.2 Å². The Bertz CT molecular complexity index is 1310. The zero-order chi connectivity index (χ0) is 26.2. The number of aromatic nitrogens is 4. The summed E-state index contributed by atoms with van der Waals surface area (Å²) in [6.45, 7) is 0.538. The van der Waals surface area contributed by atoms with Crippen LogP contribution in [-0.2, 0) is 6.18 Å². The van der Waals surface area contributed by atoms with Crippen LogP contribution >= 0.6 is 0 Å². The van der Waals surface area contributed by atoms with E-state index in [-0.39, 0.29) is 41.7 Å². The second kappa shape index (κ2) is 9.78. The van der Waals surface area contributed by atoms with E-state index in [0.29, 0.717) is 25.2 Å². The maximum Gasteiger partial charge on any atom is 0.416 e. The minimum atomic E-state index is -4.52. The summed E-state index contributed by atoms with van der Waals surface area (Å²) in [7, 11) is 0. The average Bonchev–Trinajstić information content (AvgIpc) is 3.31. The van der Waals surface area contributed by atoms with E-state index in [4.69, 9.17) is 9.84 Å². The molecular formula is C23H22F3N7O4. The van der Waals surface area contributed by atoms with E-state index < -0.39 is 30.5 Å². The molecule has 2 aromatic heterocycles. The number of rotatable bonds is 6. The number of anilines is 3. The number of hydrogen-bond acceptors (Lipinski definition) is 9. The maximum absolute atomic E-state index is 13.4. The Morgan fingerprint density at radius 3 is 2.86 bits per heavy atom. The topological polar surface area (TPSA) is 137 Å². The van der Waals surface area contributed by atoms with E-state index in [1.54, 1.807) is 0 Å². The second-order valence-electron chi connectivity index (χ2n) is 8.54. The van der Waals surface area contributed by atoms with Gasteiger partial charge in [0.2, 0.25) is 11.8 Å². The van der Waals surface area contributed by atoms with Gasteiger partial charge in [0.1, 0.15) is 12.7 Å². The molecule has 1 unspecified atom stereocenters. The summed E-state index contributed by atoms with van der Waals surface area (Å²) >= 11 is 0. The van der Waals surface area contributed by atoms with Crippen LogP contribution in [0.3, 0.4) is 0 Å². The number of hydrogen-bond donors (Lipinski definition) is 3. The van der Waals surface area contributed by atoms with Gasteiger partial charge in [0.05, 0.1) is 30.1 Å². The van der Waals surface area contributed by atoms with Gasteiger partial charge in [-0.2, -0.15) is 18.2 Å². The highest BCUT2D eigenvalue weighted by Crippen LogP contribution is 2.40. The summed E-state index contributed by atoms with van der Waals surface area (Å²) in [5.74, 6) is 0.347. The molecule has 2 aliphatic rings. The van der Waals surface area contributed by atoms with E-state index in [1.807, 2.05) is 4.90 Å². The lowest BCUT2D eigenvalue weighted by atomic mass is 10.1. The molecule has 3 aromatic rings. The van der Waals surface area contributed by atoms with Gasteiger partial charge in [0, 0.05) is 30.9 Å². The van der Waals surface area contributed by atoms with Gasteiger partial charge in [0.15, 0.2) is 11.6 Å². The Balaban J connectivity index is 1.42. The van der Waals surface area contributed by atoms with Crippen molar-refractivity contribution in [2.75, 3.05) is 41.4 Å². The smallest absolute Gasteiger partial charge is 0.416 e. The highest BCUT2D eigenvalue weighted by atomic mass is 19.4. The number of halogens is 3. The quantitative estimate of drug-likeness (QED) is 0.450. The van der Waals surface area contributed by atoms with Crippen molar-refractivity contribution in [3.05, 3.63) is 48.3 Å². The number of urea groups is 1. The highest BCUT2D eigenvalue weighted by molar-refractivity contribution is 6.03. The zero-order valence-electron chi connectivity index (χ0n) is 19.3. The van der Waals surface area contributed by atoms with E-state index in [9.17, 15) is 23.1 Å². The van der Waals surface area contributed by atoms with Crippen LogP contribution in [0.2, 0.25) is 0 Å². The van der Waals surface area contributed by atoms with Crippen molar-refractivity contribution in [3.8, 4) is 17.3 Å². The third-order valence-corrected chi connectivity index (χ3v) is 6.00. The first-order chi connectivity index (χ1) is 17.7. The molecule has 37 heavy (non-hydrogen) atoms. The van der Waals surface area contributed by atoms with E-state index >= 15 is 0 Å². The first kappa shape index (κ1) is 24.6. The van der Waals surface area contributed by atoms with Crippen LogP contribution in [0.1, 0.15) is 12.0 Å². The van der Waals surface area contributed by atoms with Crippen LogP contribution in [0, 0.1) is 0 Å². The molecule has 0 aliphatic carbocycles. The van der Waals surface area contributed by atoms with Crippen molar-refractivity contribution in [2.45, 2.75) is 24.7 Å². The standard InChI is InChI=1S/C23H22F3N7O4/c24-23(25,26)14-3-1-2-13(8-14)19-28-9-17-20(30-19)33(15-5-7-32(17)10-15)22(36)31-21-27-6-4-18(29-21)37-12-16(35)11-34/h1-4,6,8-9,15-16,34-35H,5,7,10-12H2,(H,27,29,31,36)/t15-,16?/m0/s1. The molecule has 0 saturated carbocycles. The lowest BCUT2D eigenvalue weighted by Crippen LogP contribution is -2.48. The third kappa shape index (κ3) is 5.11. The number of carbonyl (C=O) groups is 1. The number of fused-ring (bicyclic) bond motifs is 4. The molecule has 14 heteroatoms.